The Bertz CT molecular complexity index is 433. The lowest BCUT2D eigenvalue weighted by atomic mass is 10.3. The fourth-order valence-electron chi connectivity index (χ4n) is 1.42. The summed E-state index contributed by atoms with van der Waals surface area (Å²) in [5.41, 5.74) is 1.37. The topological polar surface area (TPSA) is 33.2 Å². The van der Waals surface area contributed by atoms with Crippen molar-refractivity contribution in [2.24, 2.45) is 0 Å². The Morgan fingerprint density at radius 1 is 1.06 bits per heavy atom. The second-order valence-corrected chi connectivity index (χ2v) is 3.46. The van der Waals surface area contributed by atoms with E-state index in [-0.39, 0.29) is 0 Å². The average molecular weight is 233 g/mol. The molecule has 0 fully saturated rings. The number of nitrogens with zero attached hydrogens (tertiary/aromatic N) is 2. The first-order chi connectivity index (χ1) is 7.79. The minimum absolute atomic E-state index is 0.556. The van der Waals surface area contributed by atoms with Crippen molar-refractivity contribution in [3.05, 3.63) is 54.9 Å². The number of hydrogen-bond acceptors (Lipinski definition) is 2. The van der Waals surface area contributed by atoms with Gasteiger partial charge in [0.1, 0.15) is 0 Å². The van der Waals surface area contributed by atoms with E-state index in [2.05, 4.69) is 4.98 Å². The Morgan fingerprint density at radius 3 is 2.31 bits per heavy atom. The van der Waals surface area contributed by atoms with Gasteiger partial charge in [0.2, 0.25) is 0 Å². The number of halogens is 1. The molecule has 0 aliphatic rings. The molecule has 1 aromatic heterocycles. The van der Waals surface area contributed by atoms with Gasteiger partial charge in [-0.1, -0.05) is 18.2 Å². The minimum atomic E-state index is -0.556. The molecule has 0 saturated heterocycles. The largest absolute Gasteiger partial charge is 0.325 e. The van der Waals surface area contributed by atoms with E-state index >= 15 is 0 Å². The molecule has 0 radical (unpaired) electrons. The van der Waals surface area contributed by atoms with Crippen molar-refractivity contribution in [1.29, 1.82) is 0 Å². The van der Waals surface area contributed by atoms with E-state index < -0.39 is 5.37 Å². The smallest absolute Gasteiger partial charge is 0.266 e. The van der Waals surface area contributed by atoms with Gasteiger partial charge >= 0.3 is 5.37 Å². The van der Waals surface area contributed by atoms with Gasteiger partial charge in [-0.15, -0.1) is 0 Å². The van der Waals surface area contributed by atoms with Crippen molar-refractivity contribution in [2.75, 3.05) is 4.90 Å². The van der Waals surface area contributed by atoms with Crippen molar-refractivity contribution in [3.8, 4) is 0 Å². The Hall–Kier alpha value is -1.87. The summed E-state index contributed by atoms with van der Waals surface area (Å²) in [5.74, 6) is 0. The molecule has 0 saturated carbocycles. The molecular weight excluding hydrogens is 224 g/mol. The molecule has 0 bridgehead atoms. The van der Waals surface area contributed by atoms with E-state index in [1.54, 1.807) is 24.5 Å². The highest BCUT2D eigenvalue weighted by molar-refractivity contribution is 6.66. The summed E-state index contributed by atoms with van der Waals surface area (Å²) in [6, 6.07) is 12.7. The van der Waals surface area contributed by atoms with Crippen LogP contribution in [0.15, 0.2) is 54.9 Å². The summed E-state index contributed by atoms with van der Waals surface area (Å²) in [6.45, 7) is 0. The molecule has 3 nitrogen and oxygen atoms in total. The quantitative estimate of drug-likeness (QED) is 0.586. The lowest BCUT2D eigenvalue weighted by Gasteiger charge is -2.19. The molecular formula is C12H9ClN2O. The molecule has 1 heterocycles. The fourth-order valence-corrected chi connectivity index (χ4v) is 1.61. The number of anilines is 2. The Morgan fingerprint density at radius 2 is 1.75 bits per heavy atom. The van der Waals surface area contributed by atoms with Gasteiger partial charge in [0.05, 0.1) is 17.6 Å². The van der Waals surface area contributed by atoms with Gasteiger partial charge in [0, 0.05) is 6.20 Å². The summed E-state index contributed by atoms with van der Waals surface area (Å²) in [4.78, 5) is 16.8. The molecule has 0 unspecified atom stereocenters. The number of rotatable bonds is 2. The zero-order chi connectivity index (χ0) is 11.4. The summed E-state index contributed by atoms with van der Waals surface area (Å²) < 4.78 is 0. The van der Waals surface area contributed by atoms with Crippen LogP contribution in [0.3, 0.4) is 0 Å². The van der Waals surface area contributed by atoms with E-state index in [1.165, 1.54) is 4.90 Å². The number of para-hydroxylation sites is 1. The molecule has 0 N–H and O–H groups in total. The van der Waals surface area contributed by atoms with Crippen molar-refractivity contribution in [3.63, 3.8) is 0 Å². The van der Waals surface area contributed by atoms with Crippen molar-refractivity contribution in [1.82, 2.24) is 4.98 Å². The first-order valence-electron chi connectivity index (χ1n) is 4.74. The van der Waals surface area contributed by atoms with Crippen molar-refractivity contribution in [2.45, 2.75) is 0 Å². The van der Waals surface area contributed by atoms with Crippen LogP contribution in [-0.2, 0) is 0 Å². The molecule has 0 aliphatic heterocycles. The van der Waals surface area contributed by atoms with E-state index in [9.17, 15) is 4.79 Å². The molecule has 80 valence electrons. The number of carbonyl (C=O) groups excluding carboxylic acids is 1. The van der Waals surface area contributed by atoms with Gasteiger partial charge in [-0.25, -0.2) is 0 Å². The normalized spacial score (nSPS) is 9.81. The highest BCUT2D eigenvalue weighted by Crippen LogP contribution is 2.25. The second-order valence-electron chi connectivity index (χ2n) is 3.14. The monoisotopic (exact) mass is 232 g/mol. The minimum Gasteiger partial charge on any atom is -0.266 e. The standard InChI is InChI=1S/C12H9ClN2O/c13-12(16)15(10-5-2-1-3-6-10)11-7-4-8-14-9-11/h1-9H. The number of carbonyl (C=O) groups is 1. The Kier molecular flexibility index (Phi) is 3.17. The van der Waals surface area contributed by atoms with Gasteiger partial charge in [0.15, 0.2) is 0 Å². The van der Waals surface area contributed by atoms with Crippen LogP contribution < -0.4 is 4.90 Å². The zero-order valence-electron chi connectivity index (χ0n) is 8.38. The molecule has 4 heteroatoms. The number of aromatic nitrogens is 1. The lowest BCUT2D eigenvalue weighted by Crippen LogP contribution is -2.19. The third-order valence-corrected chi connectivity index (χ3v) is 2.26. The predicted octanol–water partition coefficient (Wildman–Crippen LogP) is 3.58. The fraction of sp³-hybridized carbons (Fsp3) is 0. The van der Waals surface area contributed by atoms with Gasteiger partial charge in [0.25, 0.3) is 0 Å². The van der Waals surface area contributed by atoms with Crippen LogP contribution in [0.2, 0.25) is 0 Å². The number of hydrogen-bond donors (Lipinski definition) is 0. The molecule has 0 spiro atoms. The summed E-state index contributed by atoms with van der Waals surface area (Å²) >= 11 is 5.57. The van der Waals surface area contributed by atoms with E-state index in [4.69, 9.17) is 11.6 Å². The molecule has 1 amide bonds. The SMILES string of the molecule is O=C(Cl)N(c1ccccc1)c1cccnc1. The number of benzene rings is 1. The van der Waals surface area contributed by atoms with E-state index in [1.807, 2.05) is 30.3 Å². The Labute approximate surface area is 98.3 Å². The van der Waals surface area contributed by atoms with Crippen LogP contribution in [0.4, 0.5) is 16.2 Å². The van der Waals surface area contributed by atoms with Gasteiger partial charge in [-0.2, -0.15) is 0 Å². The number of pyridine rings is 1. The van der Waals surface area contributed by atoms with Crippen LogP contribution >= 0.6 is 11.6 Å². The number of amides is 1. The molecule has 2 rings (SSSR count). The van der Waals surface area contributed by atoms with Crippen molar-refractivity contribution >= 4 is 28.3 Å². The van der Waals surface area contributed by atoms with Crippen LogP contribution in [0.25, 0.3) is 0 Å². The van der Waals surface area contributed by atoms with Gasteiger partial charge < -0.3 is 0 Å². The summed E-state index contributed by atoms with van der Waals surface area (Å²) in [7, 11) is 0. The first kappa shape index (κ1) is 10.6. The van der Waals surface area contributed by atoms with Crippen LogP contribution in [-0.4, -0.2) is 10.4 Å². The third kappa shape index (κ3) is 2.20. The highest BCUT2D eigenvalue weighted by atomic mass is 35.5. The maximum absolute atomic E-state index is 11.4. The van der Waals surface area contributed by atoms with Gasteiger partial charge in [-0.05, 0) is 35.9 Å². The summed E-state index contributed by atoms with van der Waals surface area (Å²) in [6.07, 6.45) is 3.23. The van der Waals surface area contributed by atoms with Crippen LogP contribution in [0.1, 0.15) is 0 Å². The van der Waals surface area contributed by atoms with E-state index in [0.29, 0.717) is 5.69 Å². The zero-order valence-corrected chi connectivity index (χ0v) is 9.13. The predicted molar refractivity (Wildman–Crippen MR) is 64.1 cm³/mol. The molecule has 0 atom stereocenters. The molecule has 0 aliphatic carbocycles. The molecule has 2 aromatic rings. The molecule has 16 heavy (non-hydrogen) atoms. The average Bonchev–Trinajstić information content (AvgIpc) is 2.31. The second kappa shape index (κ2) is 4.77. The maximum Gasteiger partial charge on any atom is 0.325 e. The van der Waals surface area contributed by atoms with E-state index in [0.717, 1.165) is 5.69 Å². The molecule has 1 aromatic carbocycles. The third-order valence-electron chi connectivity index (χ3n) is 2.09. The van der Waals surface area contributed by atoms with Crippen molar-refractivity contribution < 1.29 is 4.79 Å². The first-order valence-corrected chi connectivity index (χ1v) is 5.11. The summed E-state index contributed by atoms with van der Waals surface area (Å²) in [5, 5.41) is -0.556. The van der Waals surface area contributed by atoms with Crippen LogP contribution in [0.5, 0.6) is 0 Å². The van der Waals surface area contributed by atoms with Crippen LogP contribution in [0, 0.1) is 0 Å². The van der Waals surface area contributed by atoms with Gasteiger partial charge in [-0.3, -0.25) is 14.7 Å². The maximum atomic E-state index is 11.4. The lowest BCUT2D eigenvalue weighted by molar-refractivity contribution is 0.266. The highest BCUT2D eigenvalue weighted by Gasteiger charge is 2.14. The Balaban J connectivity index is 2.44.